The Morgan fingerprint density at radius 2 is 1.55 bits per heavy atom. The summed E-state index contributed by atoms with van der Waals surface area (Å²) < 4.78 is 6.88. The highest BCUT2D eigenvalue weighted by Crippen LogP contribution is 2.61. The van der Waals surface area contributed by atoms with Crippen molar-refractivity contribution in [3.05, 3.63) is 140 Å². The molecule has 7 rings (SSSR count). The zero-order valence-electron chi connectivity index (χ0n) is 28.4. The van der Waals surface area contributed by atoms with E-state index in [2.05, 4.69) is 29.1 Å². The zero-order valence-corrected chi connectivity index (χ0v) is 30.0. The minimum absolute atomic E-state index is 0.187. The van der Waals surface area contributed by atoms with Crippen molar-refractivity contribution in [2.75, 3.05) is 24.6 Å². The first-order valence-electron chi connectivity index (χ1n) is 17.4. The molecule has 0 aromatic heterocycles. The van der Waals surface area contributed by atoms with Crippen LogP contribution >= 0.6 is 15.9 Å². The number of nitrogens with zero attached hydrogens (tertiary/aromatic N) is 3. The van der Waals surface area contributed by atoms with Gasteiger partial charge in [0, 0.05) is 30.1 Å². The molecule has 8 nitrogen and oxygen atoms in total. The van der Waals surface area contributed by atoms with E-state index >= 15 is 9.59 Å². The van der Waals surface area contributed by atoms with Gasteiger partial charge in [0.2, 0.25) is 11.8 Å². The number of carbonyl (C=O) groups is 3. The first-order valence-corrected chi connectivity index (χ1v) is 18.4. The number of fused-ring (bicyclic) bond motifs is 2. The van der Waals surface area contributed by atoms with E-state index in [-0.39, 0.29) is 42.2 Å². The molecule has 4 aromatic rings. The van der Waals surface area contributed by atoms with Gasteiger partial charge in [0.15, 0.2) is 0 Å². The summed E-state index contributed by atoms with van der Waals surface area (Å²) in [6.45, 7) is 8.30. The first kappa shape index (κ1) is 34.9. The number of hydrogen-bond donors (Lipinski definition) is 1. The fraction of sp³-hybridized carbons (Fsp3) is 0.310. The quantitative estimate of drug-likeness (QED) is 0.136. The maximum Gasteiger partial charge on any atom is 0.253 e. The van der Waals surface area contributed by atoms with Crippen molar-refractivity contribution in [1.29, 1.82) is 0 Å². The summed E-state index contributed by atoms with van der Waals surface area (Å²) in [5.74, 6) is -2.67. The lowest BCUT2D eigenvalue weighted by Gasteiger charge is -2.39. The number of hydrogen-bond acceptors (Lipinski definition) is 5. The van der Waals surface area contributed by atoms with Gasteiger partial charge in [-0.3, -0.25) is 14.4 Å². The molecule has 262 valence electrons. The molecule has 3 aliphatic rings. The molecule has 3 heterocycles. The second-order valence-corrected chi connectivity index (χ2v) is 14.9. The van der Waals surface area contributed by atoms with E-state index < -0.39 is 35.6 Å². The molecular formula is C42H42BrN3O5. The van der Waals surface area contributed by atoms with Gasteiger partial charge >= 0.3 is 0 Å². The van der Waals surface area contributed by atoms with E-state index in [0.29, 0.717) is 25.1 Å². The second-order valence-electron chi connectivity index (χ2n) is 13.7. The highest BCUT2D eigenvalue weighted by Gasteiger charge is 2.77. The van der Waals surface area contributed by atoms with Crippen LogP contribution in [0.3, 0.4) is 0 Å². The number of aliphatic hydroxyl groups is 1. The van der Waals surface area contributed by atoms with Gasteiger partial charge in [-0.15, -0.1) is 13.2 Å². The molecule has 0 radical (unpaired) electrons. The average molecular weight is 749 g/mol. The molecule has 7 atom stereocenters. The van der Waals surface area contributed by atoms with E-state index in [0.717, 1.165) is 21.9 Å². The predicted octanol–water partition coefficient (Wildman–Crippen LogP) is 5.93. The van der Waals surface area contributed by atoms with E-state index in [1.807, 2.05) is 103 Å². The van der Waals surface area contributed by atoms with Crippen molar-refractivity contribution >= 4 is 50.1 Å². The van der Waals surface area contributed by atoms with Crippen LogP contribution in [0.5, 0.6) is 0 Å². The monoisotopic (exact) mass is 747 g/mol. The van der Waals surface area contributed by atoms with Crippen LogP contribution < -0.4 is 4.90 Å². The molecule has 1 N–H and O–H groups in total. The lowest BCUT2D eigenvalue weighted by Crippen LogP contribution is -2.59. The van der Waals surface area contributed by atoms with Crippen LogP contribution in [-0.2, 0) is 32.1 Å². The van der Waals surface area contributed by atoms with E-state index in [1.54, 1.807) is 26.9 Å². The number of carbonyl (C=O) groups excluding carboxylic acids is 3. The van der Waals surface area contributed by atoms with Crippen LogP contribution in [-0.4, -0.2) is 80.9 Å². The van der Waals surface area contributed by atoms with Gasteiger partial charge in [0.05, 0.1) is 30.6 Å². The summed E-state index contributed by atoms with van der Waals surface area (Å²) in [5, 5.41) is 13.0. The summed E-state index contributed by atoms with van der Waals surface area (Å²) in [7, 11) is 0. The number of likely N-dealkylation sites (tertiary alicyclic amines) is 1. The molecule has 3 aliphatic heterocycles. The Labute approximate surface area is 307 Å². The fourth-order valence-corrected chi connectivity index (χ4v) is 9.45. The number of benzene rings is 4. The second kappa shape index (κ2) is 14.6. The van der Waals surface area contributed by atoms with E-state index in [1.165, 1.54) is 0 Å². The third-order valence-electron chi connectivity index (χ3n) is 10.7. The molecule has 0 aliphatic carbocycles. The Bertz CT molecular complexity index is 1940. The van der Waals surface area contributed by atoms with Crippen molar-refractivity contribution in [2.45, 2.75) is 48.0 Å². The lowest BCUT2D eigenvalue weighted by atomic mass is 9.70. The fourth-order valence-electron chi connectivity index (χ4n) is 8.51. The molecule has 3 fully saturated rings. The van der Waals surface area contributed by atoms with Gasteiger partial charge in [0.1, 0.15) is 11.6 Å². The summed E-state index contributed by atoms with van der Waals surface area (Å²) in [5.41, 5.74) is 1.22. The molecule has 3 amide bonds. The van der Waals surface area contributed by atoms with Crippen molar-refractivity contribution in [3.8, 4) is 0 Å². The average Bonchev–Trinajstić information content (AvgIpc) is 3.76. The predicted molar refractivity (Wildman–Crippen MR) is 202 cm³/mol. The first-order chi connectivity index (χ1) is 24.8. The molecule has 3 unspecified atom stereocenters. The number of alkyl halides is 1. The largest absolute Gasteiger partial charge is 0.394 e. The molecule has 3 saturated heterocycles. The standard InChI is InChI=1S/C42H42BrN3O5/c1-3-21-44(26-29-15-9-6-10-16-29)39(48)35-36-40(49)46(33(27-47)23-28-13-7-5-8-14-28)38(42(36)25-34(43)37(35)51-42)41(50)45(22-4-2)32-20-19-30-17-11-12-18-31(30)24-32/h3-20,24,33-38,47H,1-2,21-23,25-27H2/t33-,34?,35+,36+,37+,38?,42?/m1/s1. The van der Waals surface area contributed by atoms with Crippen LogP contribution in [0.25, 0.3) is 10.8 Å². The van der Waals surface area contributed by atoms with Crippen LogP contribution in [0, 0.1) is 11.8 Å². The Morgan fingerprint density at radius 1 is 0.902 bits per heavy atom. The van der Waals surface area contributed by atoms with Crippen molar-refractivity contribution in [2.24, 2.45) is 11.8 Å². The minimum Gasteiger partial charge on any atom is -0.394 e. The van der Waals surface area contributed by atoms with E-state index in [4.69, 9.17) is 4.74 Å². The minimum atomic E-state index is -1.31. The maximum absolute atomic E-state index is 15.3. The number of rotatable bonds is 13. The van der Waals surface area contributed by atoms with Crippen LogP contribution in [0.2, 0.25) is 0 Å². The number of halogens is 1. The number of amides is 3. The number of anilines is 1. The Balaban J connectivity index is 1.32. The Hall–Kier alpha value is -4.57. The third-order valence-corrected chi connectivity index (χ3v) is 11.5. The van der Waals surface area contributed by atoms with Gasteiger partial charge in [-0.2, -0.15) is 0 Å². The Kier molecular flexibility index (Phi) is 9.97. The Morgan fingerprint density at radius 3 is 2.22 bits per heavy atom. The van der Waals surface area contributed by atoms with Gasteiger partial charge < -0.3 is 24.5 Å². The van der Waals surface area contributed by atoms with E-state index in [9.17, 15) is 9.90 Å². The van der Waals surface area contributed by atoms with Crippen LogP contribution in [0.15, 0.2) is 128 Å². The summed E-state index contributed by atoms with van der Waals surface area (Å²) in [4.78, 5) is 49.7. The van der Waals surface area contributed by atoms with Gasteiger partial charge in [0.25, 0.3) is 5.91 Å². The molecule has 2 bridgehead atoms. The highest BCUT2D eigenvalue weighted by molar-refractivity contribution is 9.09. The molecule has 1 spiro atoms. The van der Waals surface area contributed by atoms with Gasteiger partial charge in [-0.1, -0.05) is 119 Å². The highest BCUT2D eigenvalue weighted by atomic mass is 79.9. The topological polar surface area (TPSA) is 90.4 Å². The molecule has 51 heavy (non-hydrogen) atoms. The lowest BCUT2D eigenvalue weighted by molar-refractivity contribution is -0.147. The maximum atomic E-state index is 15.3. The van der Waals surface area contributed by atoms with Gasteiger partial charge in [-0.05, 0) is 46.9 Å². The summed E-state index contributed by atoms with van der Waals surface area (Å²) in [6.07, 6.45) is 3.41. The molecular weight excluding hydrogens is 706 g/mol. The normalized spacial score (nSPS) is 25.4. The number of aliphatic hydroxyl groups excluding tert-OH is 1. The zero-order chi connectivity index (χ0) is 35.7. The van der Waals surface area contributed by atoms with Crippen LogP contribution in [0.4, 0.5) is 5.69 Å². The number of ether oxygens (including phenoxy) is 1. The summed E-state index contributed by atoms with van der Waals surface area (Å²) >= 11 is 3.82. The van der Waals surface area contributed by atoms with Crippen LogP contribution in [0.1, 0.15) is 17.5 Å². The third kappa shape index (κ3) is 6.21. The smallest absolute Gasteiger partial charge is 0.253 e. The molecule has 0 saturated carbocycles. The SMILES string of the molecule is C=CCN(Cc1ccccc1)C(=O)[C@H]1[C@H]2C(=O)N([C@@H](CO)Cc3ccccc3)C(C(=O)N(CC=C)c3ccc4ccccc4c3)C23CC(Br)[C@@H]1O3. The van der Waals surface area contributed by atoms with Crippen molar-refractivity contribution < 1.29 is 24.2 Å². The van der Waals surface area contributed by atoms with Crippen molar-refractivity contribution in [1.82, 2.24) is 9.80 Å². The molecule has 4 aromatic carbocycles. The molecule has 9 heteroatoms. The summed E-state index contributed by atoms with van der Waals surface area (Å²) in [6, 6.07) is 31.2. The van der Waals surface area contributed by atoms with Gasteiger partial charge in [-0.25, -0.2) is 0 Å². The van der Waals surface area contributed by atoms with Crippen molar-refractivity contribution in [3.63, 3.8) is 0 Å².